The molecule has 136 valence electrons. The van der Waals surface area contributed by atoms with Crippen LogP contribution in [0, 0.1) is 0 Å². The molecule has 0 aliphatic carbocycles. The fourth-order valence-electron chi connectivity index (χ4n) is 2.61. The van der Waals surface area contributed by atoms with Crippen LogP contribution in [0.15, 0.2) is 58.3 Å². The number of benzene rings is 3. The number of sulfonamides is 1. The first-order chi connectivity index (χ1) is 12.0. The lowest BCUT2D eigenvalue weighted by molar-refractivity contribution is 0.475. The second-order valence-electron chi connectivity index (χ2n) is 5.65. The maximum absolute atomic E-state index is 11.3. The van der Waals surface area contributed by atoms with Crippen LogP contribution in [0.1, 0.15) is 0 Å². The zero-order chi connectivity index (χ0) is 19.3. The molecule has 0 spiro atoms. The molecule has 0 unspecified atom stereocenters. The highest BCUT2D eigenvalue weighted by molar-refractivity contribution is 7.89. The molecule has 0 aliphatic rings. The molecule has 0 bridgehead atoms. The lowest BCUT2D eigenvalue weighted by Crippen LogP contribution is -2.11. The standard InChI is InChI=1S/C16H14N2O6S2/c17-15-7-12(26(22,23)24)5-9-1-2-10(6-14(9)15)13-4-3-11(8-16(13)19)25(18,20)21/h1-8,19H,17H2,(H2,18,20,21)(H,22,23,24). The molecule has 3 rings (SSSR count). The van der Waals surface area contributed by atoms with E-state index in [1.54, 1.807) is 18.2 Å². The van der Waals surface area contributed by atoms with Gasteiger partial charge in [0.1, 0.15) is 5.75 Å². The summed E-state index contributed by atoms with van der Waals surface area (Å²) in [6.07, 6.45) is 0. The van der Waals surface area contributed by atoms with Crippen molar-refractivity contribution in [3.05, 3.63) is 48.5 Å². The van der Waals surface area contributed by atoms with Crippen LogP contribution in [0.4, 0.5) is 5.69 Å². The molecule has 0 aromatic heterocycles. The van der Waals surface area contributed by atoms with Gasteiger partial charge in [-0.05, 0) is 41.3 Å². The van der Waals surface area contributed by atoms with Crippen LogP contribution < -0.4 is 10.9 Å². The largest absolute Gasteiger partial charge is 0.507 e. The molecule has 0 fully saturated rings. The van der Waals surface area contributed by atoms with Gasteiger partial charge in [-0.2, -0.15) is 8.42 Å². The zero-order valence-corrected chi connectivity index (χ0v) is 14.8. The predicted molar refractivity (Wildman–Crippen MR) is 96.6 cm³/mol. The number of anilines is 1. The zero-order valence-electron chi connectivity index (χ0n) is 13.1. The van der Waals surface area contributed by atoms with Crippen LogP contribution in [-0.2, 0) is 20.1 Å². The van der Waals surface area contributed by atoms with E-state index in [4.69, 9.17) is 15.4 Å². The van der Waals surface area contributed by atoms with Crippen molar-refractivity contribution < 1.29 is 26.5 Å². The summed E-state index contributed by atoms with van der Waals surface area (Å²) in [5, 5.41) is 16.1. The van der Waals surface area contributed by atoms with Gasteiger partial charge in [0.2, 0.25) is 10.0 Å². The van der Waals surface area contributed by atoms with Gasteiger partial charge in [0.25, 0.3) is 10.1 Å². The average molecular weight is 394 g/mol. The molecule has 6 N–H and O–H groups in total. The number of hydrogen-bond acceptors (Lipinski definition) is 6. The molecular formula is C16H14N2O6S2. The lowest BCUT2D eigenvalue weighted by atomic mass is 10.00. The SMILES string of the molecule is Nc1cc(S(=O)(=O)O)cc2ccc(-c3ccc(S(N)(=O)=O)cc3O)cc12. The Morgan fingerprint density at radius 2 is 1.54 bits per heavy atom. The number of aromatic hydroxyl groups is 1. The quantitative estimate of drug-likeness (QED) is 0.388. The van der Waals surface area contributed by atoms with Crippen LogP contribution in [0.2, 0.25) is 0 Å². The number of phenols is 1. The van der Waals surface area contributed by atoms with Crippen molar-refractivity contribution in [3.8, 4) is 16.9 Å². The van der Waals surface area contributed by atoms with Crippen molar-refractivity contribution in [2.24, 2.45) is 5.14 Å². The third-order valence-corrected chi connectivity index (χ3v) is 5.61. The molecule has 26 heavy (non-hydrogen) atoms. The average Bonchev–Trinajstić information content (AvgIpc) is 2.53. The molecule has 0 amide bonds. The van der Waals surface area contributed by atoms with Gasteiger partial charge in [0.05, 0.1) is 9.79 Å². The maximum atomic E-state index is 11.3. The number of fused-ring (bicyclic) bond motifs is 1. The van der Waals surface area contributed by atoms with Crippen molar-refractivity contribution >= 4 is 36.6 Å². The molecule has 8 nitrogen and oxygen atoms in total. The van der Waals surface area contributed by atoms with Gasteiger partial charge in [-0.3, -0.25) is 4.55 Å². The van der Waals surface area contributed by atoms with E-state index in [0.29, 0.717) is 21.9 Å². The third kappa shape index (κ3) is 3.35. The fraction of sp³-hybridized carbons (Fsp3) is 0. The Morgan fingerprint density at radius 3 is 2.12 bits per heavy atom. The lowest BCUT2D eigenvalue weighted by Gasteiger charge is -2.10. The van der Waals surface area contributed by atoms with Crippen molar-refractivity contribution in [2.75, 3.05) is 5.73 Å². The summed E-state index contributed by atoms with van der Waals surface area (Å²) < 4.78 is 54.4. The molecule has 10 heteroatoms. The topological polar surface area (TPSA) is 161 Å². The number of phenolic OH excluding ortho intramolecular Hbond substituents is 1. The number of hydrogen-bond donors (Lipinski definition) is 4. The van der Waals surface area contributed by atoms with Crippen molar-refractivity contribution in [1.82, 2.24) is 0 Å². The molecule has 0 atom stereocenters. The van der Waals surface area contributed by atoms with Gasteiger partial charge < -0.3 is 10.8 Å². The molecular weight excluding hydrogens is 380 g/mol. The molecule has 0 aliphatic heterocycles. The highest BCUT2D eigenvalue weighted by Gasteiger charge is 2.15. The van der Waals surface area contributed by atoms with Crippen molar-refractivity contribution in [2.45, 2.75) is 9.79 Å². The predicted octanol–water partition coefficient (Wildman–Crippen LogP) is 1.69. The van der Waals surface area contributed by atoms with E-state index in [1.807, 2.05) is 0 Å². The van der Waals surface area contributed by atoms with Gasteiger partial charge in [0, 0.05) is 22.7 Å². The van der Waals surface area contributed by atoms with Crippen LogP contribution >= 0.6 is 0 Å². The number of primary sulfonamides is 1. The van der Waals surface area contributed by atoms with E-state index >= 15 is 0 Å². The summed E-state index contributed by atoms with van der Waals surface area (Å²) in [5.41, 5.74) is 6.88. The van der Waals surface area contributed by atoms with Crippen LogP contribution in [0.25, 0.3) is 21.9 Å². The fourth-order valence-corrected chi connectivity index (χ4v) is 3.69. The summed E-state index contributed by atoms with van der Waals surface area (Å²) in [6.45, 7) is 0. The molecule has 0 radical (unpaired) electrons. The Hall–Kier alpha value is -2.66. The van der Waals surface area contributed by atoms with E-state index in [9.17, 15) is 21.9 Å². The van der Waals surface area contributed by atoms with Crippen LogP contribution in [0.5, 0.6) is 5.75 Å². The Balaban J connectivity index is 2.17. The molecule has 0 saturated heterocycles. The maximum Gasteiger partial charge on any atom is 0.294 e. The minimum absolute atomic E-state index is 0.123. The minimum Gasteiger partial charge on any atom is -0.507 e. The van der Waals surface area contributed by atoms with Crippen molar-refractivity contribution in [1.29, 1.82) is 0 Å². The first-order valence-electron chi connectivity index (χ1n) is 7.14. The number of rotatable bonds is 3. The van der Waals surface area contributed by atoms with Gasteiger partial charge in [-0.1, -0.05) is 12.1 Å². The monoisotopic (exact) mass is 394 g/mol. The minimum atomic E-state index is -4.39. The summed E-state index contributed by atoms with van der Waals surface area (Å²) in [4.78, 5) is -0.549. The Bertz CT molecular complexity index is 1250. The summed E-state index contributed by atoms with van der Waals surface area (Å²) in [6, 6.07) is 10.9. The number of nitrogens with two attached hydrogens (primary N) is 2. The van der Waals surface area contributed by atoms with Crippen molar-refractivity contribution in [3.63, 3.8) is 0 Å². The molecule has 3 aromatic carbocycles. The molecule has 0 heterocycles. The highest BCUT2D eigenvalue weighted by Crippen LogP contribution is 2.35. The first-order valence-corrected chi connectivity index (χ1v) is 10.1. The number of nitrogen functional groups attached to an aromatic ring is 1. The van der Waals surface area contributed by atoms with E-state index in [0.717, 1.165) is 12.1 Å². The Morgan fingerprint density at radius 1 is 0.846 bits per heavy atom. The van der Waals surface area contributed by atoms with Crippen LogP contribution in [0.3, 0.4) is 0 Å². The van der Waals surface area contributed by atoms with E-state index in [2.05, 4.69) is 0 Å². The Labute approximate surface area is 149 Å². The highest BCUT2D eigenvalue weighted by atomic mass is 32.2. The molecule has 0 saturated carbocycles. The molecule has 3 aromatic rings. The summed E-state index contributed by atoms with van der Waals surface area (Å²) in [7, 11) is -8.34. The second kappa shape index (κ2) is 5.95. The Kier molecular flexibility index (Phi) is 4.15. The van der Waals surface area contributed by atoms with Gasteiger partial charge in [-0.25, -0.2) is 13.6 Å². The van der Waals surface area contributed by atoms with Gasteiger partial charge >= 0.3 is 0 Å². The van der Waals surface area contributed by atoms with Gasteiger partial charge in [0.15, 0.2) is 0 Å². The van der Waals surface area contributed by atoms with E-state index in [1.165, 1.54) is 18.2 Å². The second-order valence-corrected chi connectivity index (χ2v) is 8.63. The van der Waals surface area contributed by atoms with Gasteiger partial charge in [-0.15, -0.1) is 0 Å². The summed E-state index contributed by atoms with van der Waals surface area (Å²) in [5.74, 6) is -0.288. The third-order valence-electron chi connectivity index (χ3n) is 3.87. The summed E-state index contributed by atoms with van der Waals surface area (Å²) >= 11 is 0. The van der Waals surface area contributed by atoms with E-state index in [-0.39, 0.29) is 21.2 Å². The van der Waals surface area contributed by atoms with Crippen LogP contribution in [-0.4, -0.2) is 26.5 Å². The first kappa shape index (κ1) is 18.1. The van der Waals surface area contributed by atoms with E-state index < -0.39 is 20.1 Å². The normalized spacial score (nSPS) is 12.4. The smallest absolute Gasteiger partial charge is 0.294 e.